The lowest BCUT2D eigenvalue weighted by atomic mass is 10.0. The molecule has 0 aliphatic carbocycles. The molecule has 0 fully saturated rings. The van der Waals surface area contributed by atoms with Crippen molar-refractivity contribution in [1.29, 1.82) is 0 Å². The Morgan fingerprint density at radius 2 is 1.34 bits per heavy atom. The highest BCUT2D eigenvalue weighted by molar-refractivity contribution is 5.84. The predicted octanol–water partition coefficient (Wildman–Crippen LogP) is 6.90. The van der Waals surface area contributed by atoms with Gasteiger partial charge < -0.3 is 4.74 Å². The van der Waals surface area contributed by atoms with Crippen molar-refractivity contribution >= 4 is 10.8 Å². The van der Waals surface area contributed by atoms with Gasteiger partial charge in [-0.25, -0.2) is 13.2 Å². The number of hydrogen-bond donors (Lipinski definition) is 0. The van der Waals surface area contributed by atoms with Gasteiger partial charge in [0, 0.05) is 30.2 Å². The Labute approximate surface area is 185 Å². The Morgan fingerprint density at radius 1 is 0.719 bits per heavy atom. The zero-order valence-electron chi connectivity index (χ0n) is 17.6. The Kier molecular flexibility index (Phi) is 6.58. The number of halogens is 3. The summed E-state index contributed by atoms with van der Waals surface area (Å²) in [5.41, 5.74) is 4.92. The molecule has 0 aliphatic rings. The van der Waals surface area contributed by atoms with Gasteiger partial charge in [0.25, 0.3) is 0 Å². The van der Waals surface area contributed by atoms with E-state index in [0.717, 1.165) is 42.2 Å². The fourth-order valence-electron chi connectivity index (χ4n) is 3.56. The first-order chi connectivity index (χ1) is 15.5. The van der Waals surface area contributed by atoms with E-state index in [1.54, 1.807) is 19.2 Å². The topological polar surface area (TPSA) is 9.23 Å². The van der Waals surface area contributed by atoms with E-state index in [4.69, 9.17) is 4.74 Å². The van der Waals surface area contributed by atoms with E-state index in [1.807, 2.05) is 24.3 Å². The van der Waals surface area contributed by atoms with Crippen molar-refractivity contribution in [2.24, 2.45) is 0 Å². The van der Waals surface area contributed by atoms with Crippen LogP contribution in [0.15, 0.2) is 72.8 Å². The van der Waals surface area contributed by atoms with Gasteiger partial charge in [-0.2, -0.15) is 0 Å². The van der Waals surface area contributed by atoms with E-state index in [2.05, 4.69) is 36.1 Å². The van der Waals surface area contributed by atoms with Crippen LogP contribution in [0.25, 0.3) is 21.9 Å². The van der Waals surface area contributed by atoms with Crippen LogP contribution in [0.5, 0.6) is 0 Å². The minimum atomic E-state index is -1.46. The van der Waals surface area contributed by atoms with Crippen LogP contribution in [0.3, 0.4) is 0 Å². The van der Waals surface area contributed by atoms with Crippen LogP contribution in [0.1, 0.15) is 23.1 Å². The molecule has 0 spiro atoms. The molecule has 0 aliphatic heterocycles. The van der Waals surface area contributed by atoms with Crippen LogP contribution in [-0.4, -0.2) is 13.7 Å². The van der Waals surface area contributed by atoms with Gasteiger partial charge in [-0.15, -0.1) is 0 Å². The maximum Gasteiger partial charge on any atom is 0.195 e. The van der Waals surface area contributed by atoms with Crippen molar-refractivity contribution in [2.75, 3.05) is 13.7 Å². The van der Waals surface area contributed by atoms with Crippen molar-refractivity contribution < 1.29 is 17.9 Å². The SMILES string of the molecule is COCCCc1ccc(-c2ccc(C#Cc3ccc4c(F)c(F)c(F)cc4c3)cc2)cc1. The Bertz CT molecular complexity index is 1300. The van der Waals surface area contributed by atoms with Gasteiger partial charge in [0.1, 0.15) is 0 Å². The van der Waals surface area contributed by atoms with Crippen LogP contribution in [0.4, 0.5) is 13.2 Å². The van der Waals surface area contributed by atoms with E-state index < -0.39 is 17.5 Å². The average molecular weight is 430 g/mol. The molecule has 4 heteroatoms. The molecule has 0 radical (unpaired) electrons. The summed E-state index contributed by atoms with van der Waals surface area (Å²) in [6.07, 6.45) is 1.99. The quantitative estimate of drug-likeness (QED) is 0.190. The zero-order valence-corrected chi connectivity index (χ0v) is 17.6. The first-order valence-corrected chi connectivity index (χ1v) is 10.3. The molecule has 0 amide bonds. The van der Waals surface area contributed by atoms with Gasteiger partial charge in [-0.05, 0) is 65.3 Å². The van der Waals surface area contributed by atoms with Crippen LogP contribution in [0.2, 0.25) is 0 Å². The molecule has 0 atom stereocenters. The summed E-state index contributed by atoms with van der Waals surface area (Å²) in [6, 6.07) is 21.9. The summed E-state index contributed by atoms with van der Waals surface area (Å²) in [5, 5.41) is 0.303. The first-order valence-electron chi connectivity index (χ1n) is 10.3. The van der Waals surface area contributed by atoms with Gasteiger partial charge in [0.15, 0.2) is 17.5 Å². The maximum absolute atomic E-state index is 13.9. The monoisotopic (exact) mass is 430 g/mol. The Hall–Kier alpha value is -3.55. The third kappa shape index (κ3) is 4.85. The number of benzene rings is 4. The van der Waals surface area contributed by atoms with E-state index in [9.17, 15) is 13.2 Å². The van der Waals surface area contributed by atoms with Crippen molar-refractivity contribution in [1.82, 2.24) is 0 Å². The molecular formula is C28H21F3O. The van der Waals surface area contributed by atoms with Crippen molar-refractivity contribution in [2.45, 2.75) is 12.8 Å². The molecule has 1 nitrogen and oxygen atoms in total. The molecule has 4 aromatic carbocycles. The summed E-state index contributed by atoms with van der Waals surface area (Å²) < 4.78 is 45.8. The number of hydrogen-bond acceptors (Lipinski definition) is 1. The molecule has 0 bridgehead atoms. The van der Waals surface area contributed by atoms with E-state index in [1.165, 1.54) is 11.6 Å². The largest absolute Gasteiger partial charge is 0.385 e. The molecule has 0 heterocycles. The molecular weight excluding hydrogens is 409 g/mol. The standard InChI is InChI=1S/C28H21F3O/c1-32-16-2-3-19-6-11-22(12-7-19)23-13-8-20(9-14-23)4-5-21-10-15-25-24(17-21)18-26(29)28(31)27(25)30/h6-15,17-18H,2-3,16H2,1H3. The second-order valence-electron chi connectivity index (χ2n) is 7.54. The van der Waals surface area contributed by atoms with Crippen LogP contribution < -0.4 is 0 Å². The highest BCUT2D eigenvalue weighted by Crippen LogP contribution is 2.24. The maximum atomic E-state index is 13.9. The molecule has 0 N–H and O–H groups in total. The van der Waals surface area contributed by atoms with Crippen LogP contribution >= 0.6 is 0 Å². The fraction of sp³-hybridized carbons (Fsp3) is 0.143. The molecule has 4 rings (SSSR count). The number of fused-ring (bicyclic) bond motifs is 1. The number of ether oxygens (including phenoxy) is 1. The minimum Gasteiger partial charge on any atom is -0.385 e. The summed E-state index contributed by atoms with van der Waals surface area (Å²) in [4.78, 5) is 0. The van der Waals surface area contributed by atoms with Gasteiger partial charge in [-0.1, -0.05) is 54.3 Å². The Morgan fingerprint density at radius 3 is 2.03 bits per heavy atom. The lowest BCUT2D eigenvalue weighted by Crippen LogP contribution is -1.92. The minimum absolute atomic E-state index is 0.0310. The number of rotatable bonds is 5. The number of aryl methyl sites for hydroxylation is 1. The van der Waals surface area contributed by atoms with Gasteiger partial charge in [-0.3, -0.25) is 0 Å². The molecule has 0 aromatic heterocycles. The highest BCUT2D eigenvalue weighted by Gasteiger charge is 2.13. The fourth-order valence-corrected chi connectivity index (χ4v) is 3.56. The zero-order chi connectivity index (χ0) is 22.5. The summed E-state index contributed by atoms with van der Waals surface area (Å²) in [6.45, 7) is 0.760. The third-order valence-corrected chi connectivity index (χ3v) is 5.31. The van der Waals surface area contributed by atoms with E-state index in [-0.39, 0.29) is 10.8 Å². The molecule has 0 unspecified atom stereocenters. The molecule has 0 saturated heterocycles. The van der Waals surface area contributed by atoms with Gasteiger partial charge in [0.2, 0.25) is 0 Å². The van der Waals surface area contributed by atoms with Crippen LogP contribution in [0, 0.1) is 29.3 Å². The van der Waals surface area contributed by atoms with E-state index in [0.29, 0.717) is 5.56 Å². The van der Waals surface area contributed by atoms with Crippen molar-refractivity contribution in [3.63, 3.8) is 0 Å². The molecule has 4 aromatic rings. The normalized spacial score (nSPS) is 10.8. The predicted molar refractivity (Wildman–Crippen MR) is 122 cm³/mol. The molecule has 160 valence electrons. The van der Waals surface area contributed by atoms with Crippen LogP contribution in [-0.2, 0) is 11.2 Å². The van der Waals surface area contributed by atoms with Crippen molar-refractivity contribution in [3.05, 3.63) is 107 Å². The number of methoxy groups -OCH3 is 1. The van der Waals surface area contributed by atoms with Gasteiger partial charge >= 0.3 is 0 Å². The summed E-state index contributed by atoms with van der Waals surface area (Å²) in [5.74, 6) is 2.21. The average Bonchev–Trinajstić information content (AvgIpc) is 2.82. The lowest BCUT2D eigenvalue weighted by molar-refractivity contribution is 0.195. The second-order valence-corrected chi connectivity index (χ2v) is 7.54. The molecule has 0 saturated carbocycles. The molecule has 32 heavy (non-hydrogen) atoms. The van der Waals surface area contributed by atoms with Gasteiger partial charge in [0.05, 0.1) is 0 Å². The third-order valence-electron chi connectivity index (χ3n) is 5.31. The lowest BCUT2D eigenvalue weighted by Gasteiger charge is -2.05. The summed E-state index contributed by atoms with van der Waals surface area (Å²) in [7, 11) is 1.71. The second kappa shape index (κ2) is 9.72. The first kappa shape index (κ1) is 21.7. The highest BCUT2D eigenvalue weighted by atomic mass is 19.2. The smallest absolute Gasteiger partial charge is 0.195 e. The summed E-state index contributed by atoms with van der Waals surface area (Å²) >= 11 is 0. The van der Waals surface area contributed by atoms with E-state index >= 15 is 0 Å². The Balaban J connectivity index is 1.49. The van der Waals surface area contributed by atoms with Crippen molar-refractivity contribution in [3.8, 4) is 23.0 Å².